The second-order valence-corrected chi connectivity index (χ2v) is 5.77. The Morgan fingerprint density at radius 2 is 2.06 bits per heavy atom. The molecule has 17 heavy (non-hydrogen) atoms. The Hall–Kier alpha value is -0.690. The summed E-state index contributed by atoms with van der Waals surface area (Å²) in [6.45, 7) is 2.33. The highest BCUT2D eigenvalue weighted by molar-refractivity contribution is 6.20. The molecular formula is C15H21ClO. The number of alkyl halides is 1. The van der Waals surface area contributed by atoms with Crippen LogP contribution in [0.25, 0.3) is 0 Å². The van der Waals surface area contributed by atoms with Gasteiger partial charge in [0.2, 0.25) is 0 Å². The van der Waals surface area contributed by atoms with Gasteiger partial charge in [-0.3, -0.25) is 0 Å². The number of para-hydroxylation sites is 1. The van der Waals surface area contributed by atoms with Gasteiger partial charge in [-0.25, -0.2) is 0 Å². The van der Waals surface area contributed by atoms with E-state index in [0.717, 1.165) is 24.5 Å². The van der Waals surface area contributed by atoms with Gasteiger partial charge in [0.05, 0.1) is 7.11 Å². The van der Waals surface area contributed by atoms with Gasteiger partial charge in [0.25, 0.3) is 0 Å². The third kappa shape index (κ3) is 3.16. The van der Waals surface area contributed by atoms with Gasteiger partial charge in [0.1, 0.15) is 5.75 Å². The van der Waals surface area contributed by atoms with E-state index in [9.17, 15) is 0 Å². The quantitative estimate of drug-likeness (QED) is 0.730. The Morgan fingerprint density at radius 1 is 1.29 bits per heavy atom. The molecule has 0 bridgehead atoms. The number of hydrogen-bond acceptors (Lipinski definition) is 1. The van der Waals surface area contributed by atoms with E-state index in [1.807, 2.05) is 12.1 Å². The summed E-state index contributed by atoms with van der Waals surface area (Å²) in [5.74, 6) is 2.40. The summed E-state index contributed by atoms with van der Waals surface area (Å²) < 4.78 is 5.41. The number of hydrogen-bond donors (Lipinski definition) is 0. The Kier molecular flexibility index (Phi) is 4.33. The van der Waals surface area contributed by atoms with Gasteiger partial charge in [-0.2, -0.15) is 0 Å². The van der Waals surface area contributed by atoms with Crippen molar-refractivity contribution < 1.29 is 4.74 Å². The third-order valence-corrected chi connectivity index (χ3v) is 4.40. The first-order valence-corrected chi connectivity index (χ1v) is 6.90. The van der Waals surface area contributed by atoms with Crippen LogP contribution in [0.15, 0.2) is 24.3 Å². The molecule has 1 aliphatic rings. The molecule has 3 unspecified atom stereocenters. The molecule has 1 saturated carbocycles. The zero-order valence-corrected chi connectivity index (χ0v) is 11.4. The van der Waals surface area contributed by atoms with Gasteiger partial charge < -0.3 is 4.74 Å². The Balaban J connectivity index is 2.08. The topological polar surface area (TPSA) is 9.23 Å². The maximum absolute atomic E-state index is 6.45. The minimum absolute atomic E-state index is 0.330. The van der Waals surface area contributed by atoms with Crippen LogP contribution in [0.2, 0.25) is 0 Å². The summed E-state index contributed by atoms with van der Waals surface area (Å²) in [5.41, 5.74) is 1.29. The molecule has 0 spiro atoms. The number of ether oxygens (including phenoxy) is 1. The molecule has 94 valence electrons. The SMILES string of the molecule is COc1ccccc1CC1CC(C)CCC1Cl. The van der Waals surface area contributed by atoms with E-state index in [1.54, 1.807) is 7.11 Å². The van der Waals surface area contributed by atoms with Crippen LogP contribution < -0.4 is 4.74 Å². The molecular weight excluding hydrogens is 232 g/mol. The van der Waals surface area contributed by atoms with E-state index < -0.39 is 0 Å². The summed E-state index contributed by atoms with van der Waals surface area (Å²) in [7, 11) is 1.74. The molecule has 0 radical (unpaired) electrons. The normalized spacial score (nSPS) is 29.0. The second-order valence-electron chi connectivity index (χ2n) is 5.21. The van der Waals surface area contributed by atoms with Crippen molar-refractivity contribution in [3.05, 3.63) is 29.8 Å². The van der Waals surface area contributed by atoms with E-state index in [2.05, 4.69) is 19.1 Å². The predicted octanol–water partition coefficient (Wildman–Crippen LogP) is 4.28. The van der Waals surface area contributed by atoms with Crippen LogP contribution in [0, 0.1) is 11.8 Å². The van der Waals surface area contributed by atoms with E-state index in [0.29, 0.717) is 11.3 Å². The van der Waals surface area contributed by atoms with Crippen LogP contribution in [0.5, 0.6) is 5.75 Å². The highest BCUT2D eigenvalue weighted by Crippen LogP contribution is 2.36. The number of benzene rings is 1. The molecule has 1 aliphatic carbocycles. The predicted molar refractivity (Wildman–Crippen MR) is 72.8 cm³/mol. The first-order chi connectivity index (χ1) is 8.20. The average Bonchev–Trinajstić information content (AvgIpc) is 2.34. The molecule has 1 fully saturated rings. The highest BCUT2D eigenvalue weighted by Gasteiger charge is 2.27. The summed E-state index contributed by atoms with van der Waals surface area (Å²) in [5, 5.41) is 0.330. The van der Waals surface area contributed by atoms with Crippen LogP contribution in [-0.4, -0.2) is 12.5 Å². The smallest absolute Gasteiger partial charge is 0.122 e. The summed E-state index contributed by atoms with van der Waals surface area (Å²) in [6.07, 6.45) is 4.72. The van der Waals surface area contributed by atoms with Crippen molar-refractivity contribution in [3.8, 4) is 5.75 Å². The zero-order valence-electron chi connectivity index (χ0n) is 10.7. The van der Waals surface area contributed by atoms with E-state index in [1.165, 1.54) is 18.4 Å². The second kappa shape index (κ2) is 5.77. The molecule has 0 heterocycles. The standard InChI is InChI=1S/C15H21ClO/c1-11-7-8-14(16)13(9-11)10-12-5-3-4-6-15(12)17-2/h3-6,11,13-14H,7-10H2,1-2H3. The van der Waals surface area contributed by atoms with E-state index in [4.69, 9.17) is 16.3 Å². The first kappa shape index (κ1) is 12.8. The molecule has 0 amide bonds. The van der Waals surface area contributed by atoms with Crippen molar-refractivity contribution in [1.29, 1.82) is 0 Å². The molecule has 2 heteroatoms. The minimum atomic E-state index is 0.330. The Morgan fingerprint density at radius 3 is 2.82 bits per heavy atom. The minimum Gasteiger partial charge on any atom is -0.496 e. The fourth-order valence-electron chi connectivity index (χ4n) is 2.83. The maximum Gasteiger partial charge on any atom is 0.122 e. The lowest BCUT2D eigenvalue weighted by Crippen LogP contribution is -2.26. The van der Waals surface area contributed by atoms with E-state index >= 15 is 0 Å². The van der Waals surface area contributed by atoms with Crippen LogP contribution in [0.1, 0.15) is 31.7 Å². The van der Waals surface area contributed by atoms with Gasteiger partial charge in [-0.15, -0.1) is 11.6 Å². The number of methoxy groups -OCH3 is 1. The first-order valence-electron chi connectivity index (χ1n) is 6.46. The van der Waals surface area contributed by atoms with E-state index in [-0.39, 0.29) is 0 Å². The lowest BCUT2D eigenvalue weighted by molar-refractivity contribution is 0.284. The zero-order chi connectivity index (χ0) is 12.3. The fourth-order valence-corrected chi connectivity index (χ4v) is 3.15. The summed E-state index contributed by atoms with van der Waals surface area (Å²) >= 11 is 6.45. The molecule has 3 atom stereocenters. The van der Waals surface area contributed by atoms with Gasteiger partial charge in [-0.1, -0.05) is 25.1 Å². The highest BCUT2D eigenvalue weighted by atomic mass is 35.5. The van der Waals surface area contributed by atoms with Crippen molar-refractivity contribution >= 4 is 11.6 Å². The lowest BCUT2D eigenvalue weighted by atomic mass is 9.79. The average molecular weight is 253 g/mol. The van der Waals surface area contributed by atoms with Crippen LogP contribution in [0.4, 0.5) is 0 Å². The van der Waals surface area contributed by atoms with Crippen molar-refractivity contribution in [2.75, 3.05) is 7.11 Å². The number of rotatable bonds is 3. The molecule has 1 nitrogen and oxygen atoms in total. The Bertz CT molecular complexity index is 364. The molecule has 2 rings (SSSR count). The van der Waals surface area contributed by atoms with Gasteiger partial charge in [-0.05, 0) is 49.1 Å². The molecule has 1 aromatic rings. The van der Waals surface area contributed by atoms with Crippen LogP contribution >= 0.6 is 11.6 Å². The molecule has 1 aromatic carbocycles. The van der Waals surface area contributed by atoms with Crippen molar-refractivity contribution in [2.45, 2.75) is 38.0 Å². The monoisotopic (exact) mass is 252 g/mol. The van der Waals surface area contributed by atoms with Crippen molar-refractivity contribution in [1.82, 2.24) is 0 Å². The summed E-state index contributed by atoms with van der Waals surface area (Å²) in [4.78, 5) is 0. The molecule has 0 saturated heterocycles. The van der Waals surface area contributed by atoms with Gasteiger partial charge in [0, 0.05) is 5.38 Å². The van der Waals surface area contributed by atoms with Crippen molar-refractivity contribution in [3.63, 3.8) is 0 Å². The molecule has 0 aromatic heterocycles. The number of halogens is 1. The summed E-state index contributed by atoms with van der Waals surface area (Å²) in [6, 6.07) is 8.28. The van der Waals surface area contributed by atoms with Crippen molar-refractivity contribution in [2.24, 2.45) is 11.8 Å². The molecule has 0 aliphatic heterocycles. The largest absolute Gasteiger partial charge is 0.496 e. The lowest BCUT2D eigenvalue weighted by Gasteiger charge is -2.31. The van der Waals surface area contributed by atoms with Crippen LogP contribution in [0.3, 0.4) is 0 Å². The van der Waals surface area contributed by atoms with Gasteiger partial charge >= 0.3 is 0 Å². The third-order valence-electron chi connectivity index (χ3n) is 3.83. The van der Waals surface area contributed by atoms with Crippen LogP contribution in [-0.2, 0) is 6.42 Å². The molecule has 0 N–H and O–H groups in total. The maximum atomic E-state index is 6.45. The van der Waals surface area contributed by atoms with Gasteiger partial charge in [0.15, 0.2) is 0 Å². The fraction of sp³-hybridized carbons (Fsp3) is 0.600. The Labute approximate surface area is 109 Å².